The number of hydrogen-bond acceptors (Lipinski definition) is 2. The lowest BCUT2D eigenvalue weighted by atomic mass is 10.0. The molecule has 1 amide bonds. The highest BCUT2D eigenvalue weighted by Crippen LogP contribution is 2.29. The second-order valence-electron chi connectivity index (χ2n) is 5.80. The average molecular weight is 280 g/mol. The maximum absolute atomic E-state index is 12.8. The molecular weight excluding hydrogens is 260 g/mol. The first-order valence-corrected chi connectivity index (χ1v) is 7.37. The lowest BCUT2D eigenvalue weighted by molar-refractivity contribution is 0.0620. The van der Waals surface area contributed by atoms with Crippen LogP contribution < -0.4 is 5.32 Å². The SMILES string of the molecule is CC(C)C1Nc2ccccc2C(=O)N1Cc1ccccc1. The van der Waals surface area contributed by atoms with E-state index in [1.54, 1.807) is 0 Å². The molecule has 1 heterocycles. The molecule has 1 aliphatic heterocycles. The summed E-state index contributed by atoms with van der Waals surface area (Å²) in [6.45, 7) is 4.90. The van der Waals surface area contributed by atoms with Gasteiger partial charge in [0.05, 0.1) is 5.56 Å². The Morgan fingerprint density at radius 2 is 1.71 bits per heavy atom. The van der Waals surface area contributed by atoms with E-state index in [1.165, 1.54) is 0 Å². The van der Waals surface area contributed by atoms with Gasteiger partial charge in [0, 0.05) is 12.2 Å². The van der Waals surface area contributed by atoms with E-state index in [1.807, 2.05) is 47.4 Å². The molecule has 1 atom stereocenters. The van der Waals surface area contributed by atoms with Gasteiger partial charge in [-0.25, -0.2) is 0 Å². The van der Waals surface area contributed by atoms with Crippen molar-refractivity contribution in [1.82, 2.24) is 4.90 Å². The van der Waals surface area contributed by atoms with Gasteiger partial charge in [-0.3, -0.25) is 4.79 Å². The van der Waals surface area contributed by atoms with Gasteiger partial charge >= 0.3 is 0 Å². The first-order chi connectivity index (χ1) is 10.2. The van der Waals surface area contributed by atoms with Crippen LogP contribution in [0, 0.1) is 5.92 Å². The number of hydrogen-bond donors (Lipinski definition) is 1. The van der Waals surface area contributed by atoms with Crippen molar-refractivity contribution in [2.24, 2.45) is 5.92 Å². The molecule has 0 saturated carbocycles. The molecule has 0 radical (unpaired) electrons. The number of fused-ring (bicyclic) bond motifs is 1. The molecule has 0 aromatic heterocycles. The van der Waals surface area contributed by atoms with Crippen molar-refractivity contribution < 1.29 is 4.79 Å². The number of carbonyl (C=O) groups is 1. The highest BCUT2D eigenvalue weighted by atomic mass is 16.2. The fraction of sp³-hybridized carbons (Fsp3) is 0.278. The molecule has 0 saturated heterocycles. The van der Waals surface area contributed by atoms with Crippen molar-refractivity contribution in [3.8, 4) is 0 Å². The summed E-state index contributed by atoms with van der Waals surface area (Å²) in [5.74, 6) is 0.443. The predicted octanol–water partition coefficient (Wildman–Crippen LogP) is 3.74. The van der Waals surface area contributed by atoms with Gasteiger partial charge < -0.3 is 10.2 Å². The molecule has 3 nitrogen and oxygen atoms in total. The quantitative estimate of drug-likeness (QED) is 0.929. The van der Waals surface area contributed by atoms with Crippen molar-refractivity contribution in [3.63, 3.8) is 0 Å². The summed E-state index contributed by atoms with van der Waals surface area (Å²) >= 11 is 0. The molecular formula is C18H20N2O. The van der Waals surface area contributed by atoms with Crippen LogP contribution in [0.1, 0.15) is 29.8 Å². The van der Waals surface area contributed by atoms with Crippen LogP contribution in [-0.2, 0) is 6.54 Å². The molecule has 0 aliphatic carbocycles. The third kappa shape index (κ3) is 2.64. The summed E-state index contributed by atoms with van der Waals surface area (Å²) < 4.78 is 0. The van der Waals surface area contributed by atoms with E-state index in [0.717, 1.165) is 16.8 Å². The van der Waals surface area contributed by atoms with Crippen LogP contribution in [0.15, 0.2) is 54.6 Å². The Morgan fingerprint density at radius 3 is 2.43 bits per heavy atom. The van der Waals surface area contributed by atoms with E-state index in [2.05, 4.69) is 31.3 Å². The lowest BCUT2D eigenvalue weighted by Crippen LogP contribution is -2.50. The Bertz CT molecular complexity index is 637. The summed E-state index contributed by atoms with van der Waals surface area (Å²) in [4.78, 5) is 14.8. The Labute approximate surface area is 125 Å². The Morgan fingerprint density at radius 1 is 1.05 bits per heavy atom. The van der Waals surface area contributed by atoms with Gasteiger partial charge in [0.25, 0.3) is 5.91 Å². The summed E-state index contributed by atoms with van der Waals surface area (Å²) in [6.07, 6.45) is 0.0209. The van der Waals surface area contributed by atoms with Crippen molar-refractivity contribution in [2.45, 2.75) is 26.6 Å². The molecule has 3 rings (SSSR count). The minimum atomic E-state index is 0.0209. The summed E-state index contributed by atoms with van der Waals surface area (Å²) in [6, 6.07) is 17.9. The molecule has 21 heavy (non-hydrogen) atoms. The predicted molar refractivity (Wildman–Crippen MR) is 85.0 cm³/mol. The molecule has 2 aromatic rings. The number of amides is 1. The first-order valence-electron chi connectivity index (χ1n) is 7.37. The van der Waals surface area contributed by atoms with Crippen molar-refractivity contribution in [1.29, 1.82) is 0 Å². The monoisotopic (exact) mass is 280 g/mol. The van der Waals surface area contributed by atoms with Crippen LogP contribution in [0.3, 0.4) is 0 Å². The third-order valence-corrected chi connectivity index (χ3v) is 3.88. The Balaban J connectivity index is 1.95. The Kier molecular flexibility index (Phi) is 3.65. The topological polar surface area (TPSA) is 32.3 Å². The average Bonchev–Trinajstić information content (AvgIpc) is 2.51. The third-order valence-electron chi connectivity index (χ3n) is 3.88. The molecule has 1 N–H and O–H groups in total. The minimum Gasteiger partial charge on any atom is -0.364 e. The second kappa shape index (κ2) is 5.60. The first kappa shape index (κ1) is 13.7. The Hall–Kier alpha value is -2.29. The molecule has 3 heteroatoms. The van der Waals surface area contributed by atoms with Crippen molar-refractivity contribution in [3.05, 3.63) is 65.7 Å². The molecule has 0 fully saturated rings. The van der Waals surface area contributed by atoms with Crippen LogP contribution in [0.4, 0.5) is 5.69 Å². The number of rotatable bonds is 3. The molecule has 1 aliphatic rings. The summed E-state index contributed by atoms with van der Waals surface area (Å²) in [7, 11) is 0. The maximum Gasteiger partial charge on any atom is 0.257 e. The summed E-state index contributed by atoms with van der Waals surface area (Å²) in [5.41, 5.74) is 2.84. The zero-order valence-electron chi connectivity index (χ0n) is 12.4. The molecule has 2 aromatic carbocycles. The van der Waals surface area contributed by atoms with Crippen molar-refractivity contribution >= 4 is 11.6 Å². The smallest absolute Gasteiger partial charge is 0.257 e. The van der Waals surface area contributed by atoms with E-state index in [0.29, 0.717) is 12.5 Å². The minimum absolute atomic E-state index is 0.0209. The zero-order chi connectivity index (χ0) is 14.8. The summed E-state index contributed by atoms with van der Waals surface area (Å²) in [5, 5.41) is 3.50. The van der Waals surface area contributed by atoms with Crippen molar-refractivity contribution in [2.75, 3.05) is 5.32 Å². The standard InChI is InChI=1S/C18H20N2O/c1-13(2)17-19-16-11-7-6-10-15(16)18(21)20(17)12-14-8-4-3-5-9-14/h3-11,13,17,19H,12H2,1-2H3. The van der Waals surface area contributed by atoms with E-state index in [4.69, 9.17) is 0 Å². The number of anilines is 1. The second-order valence-corrected chi connectivity index (χ2v) is 5.80. The zero-order valence-corrected chi connectivity index (χ0v) is 12.4. The fourth-order valence-electron chi connectivity index (χ4n) is 2.79. The number of benzene rings is 2. The van der Waals surface area contributed by atoms with E-state index in [9.17, 15) is 4.79 Å². The maximum atomic E-state index is 12.8. The molecule has 108 valence electrons. The van der Waals surface area contributed by atoms with Gasteiger partial charge in [-0.1, -0.05) is 56.3 Å². The lowest BCUT2D eigenvalue weighted by Gasteiger charge is -2.40. The van der Waals surface area contributed by atoms with Gasteiger partial charge in [0.1, 0.15) is 6.17 Å². The van der Waals surface area contributed by atoms with Crippen LogP contribution in [0.2, 0.25) is 0 Å². The van der Waals surface area contributed by atoms with Crippen LogP contribution in [0.25, 0.3) is 0 Å². The molecule has 1 unspecified atom stereocenters. The normalized spacial score (nSPS) is 17.6. The van der Waals surface area contributed by atoms with E-state index in [-0.39, 0.29) is 12.1 Å². The van der Waals surface area contributed by atoms with Crippen LogP contribution >= 0.6 is 0 Å². The van der Waals surface area contributed by atoms with Crippen LogP contribution in [0.5, 0.6) is 0 Å². The van der Waals surface area contributed by atoms with E-state index >= 15 is 0 Å². The number of nitrogens with zero attached hydrogens (tertiary/aromatic N) is 1. The van der Waals surface area contributed by atoms with Gasteiger partial charge in [0.15, 0.2) is 0 Å². The van der Waals surface area contributed by atoms with Gasteiger partial charge in [-0.2, -0.15) is 0 Å². The van der Waals surface area contributed by atoms with Gasteiger partial charge in [-0.15, -0.1) is 0 Å². The fourth-order valence-corrected chi connectivity index (χ4v) is 2.79. The molecule has 0 bridgehead atoms. The van der Waals surface area contributed by atoms with Crippen LogP contribution in [-0.4, -0.2) is 17.0 Å². The molecule has 0 spiro atoms. The van der Waals surface area contributed by atoms with E-state index < -0.39 is 0 Å². The number of carbonyl (C=O) groups excluding carboxylic acids is 1. The number of para-hydroxylation sites is 1. The highest BCUT2D eigenvalue weighted by molar-refractivity contribution is 6.01. The highest BCUT2D eigenvalue weighted by Gasteiger charge is 2.33. The van der Waals surface area contributed by atoms with Gasteiger partial charge in [0.2, 0.25) is 0 Å². The van der Waals surface area contributed by atoms with Gasteiger partial charge in [-0.05, 0) is 23.6 Å². The largest absolute Gasteiger partial charge is 0.364 e. The number of nitrogens with one attached hydrogen (secondary N) is 1.